The molecule has 0 aliphatic heterocycles. The minimum Gasteiger partial charge on any atom is -0.0616 e. The lowest BCUT2D eigenvalue weighted by Crippen LogP contribution is -2.16. The van der Waals surface area contributed by atoms with Crippen LogP contribution in [0.4, 0.5) is 0 Å². The van der Waals surface area contributed by atoms with Gasteiger partial charge in [0, 0.05) is 10.8 Å². The van der Waals surface area contributed by atoms with Gasteiger partial charge in [0.2, 0.25) is 0 Å². The van der Waals surface area contributed by atoms with Crippen LogP contribution >= 0.6 is 0 Å². The van der Waals surface area contributed by atoms with Crippen LogP contribution in [0.2, 0.25) is 0 Å². The minimum absolute atomic E-state index is 0.0337. The maximum Gasteiger partial charge on any atom is 0.0159 e. The quantitative estimate of drug-likeness (QED) is 0.189. The van der Waals surface area contributed by atoms with E-state index in [4.69, 9.17) is 0 Å². The van der Waals surface area contributed by atoms with E-state index in [9.17, 15) is 0 Å². The summed E-state index contributed by atoms with van der Waals surface area (Å²) in [5, 5.41) is 0. The lowest BCUT2D eigenvalue weighted by Gasteiger charge is -2.24. The Hall–Kier alpha value is -3.90. The molecule has 0 heterocycles. The van der Waals surface area contributed by atoms with Crippen LogP contribution in [0, 0.1) is 0 Å². The van der Waals surface area contributed by atoms with Gasteiger partial charge in [-0.25, -0.2) is 0 Å². The fourth-order valence-corrected chi connectivity index (χ4v) is 8.14. The van der Waals surface area contributed by atoms with Gasteiger partial charge in [0.05, 0.1) is 0 Å². The Bertz CT molecular complexity index is 1800. The first-order chi connectivity index (χ1) is 21.1. The summed E-state index contributed by atoms with van der Waals surface area (Å²) < 4.78 is 0. The first-order valence-corrected chi connectivity index (χ1v) is 16.9. The molecular weight excluding hydrogens is 528 g/mol. The van der Waals surface area contributed by atoms with Crippen LogP contribution in [0.3, 0.4) is 0 Å². The molecule has 5 aromatic carbocycles. The molecule has 44 heavy (non-hydrogen) atoms. The third-order valence-corrected chi connectivity index (χ3v) is 10.9. The third kappa shape index (κ3) is 4.10. The van der Waals surface area contributed by atoms with E-state index in [-0.39, 0.29) is 10.8 Å². The standard InChI is InChI=1S/C44H46/c1-9-27-17-19-33-37(23-27)43(5,6)39-25-29(11-3)21-35(41(33)39)31-15-13-14-16-32(31)36-22-30(12-4)26-40-42(36)34-20-18-28(10-2)24-38(34)44(40,7)8/h13-26H,9-12H2,1-8H3. The van der Waals surface area contributed by atoms with Gasteiger partial charge in [-0.05, 0) is 115 Å². The van der Waals surface area contributed by atoms with Gasteiger partial charge in [-0.15, -0.1) is 0 Å². The Balaban J connectivity index is 1.54. The molecular formula is C44H46. The van der Waals surface area contributed by atoms with Crippen molar-refractivity contribution < 1.29 is 0 Å². The van der Waals surface area contributed by atoms with E-state index in [1.165, 1.54) is 89.0 Å². The zero-order chi connectivity index (χ0) is 31.0. The largest absolute Gasteiger partial charge is 0.0616 e. The predicted molar refractivity (Wildman–Crippen MR) is 190 cm³/mol. The Morgan fingerprint density at radius 1 is 0.364 bits per heavy atom. The number of fused-ring (bicyclic) bond motifs is 6. The van der Waals surface area contributed by atoms with E-state index in [1.807, 2.05) is 0 Å². The fraction of sp³-hybridized carbons (Fsp3) is 0.318. The molecule has 0 heteroatoms. The molecule has 2 aliphatic rings. The molecule has 0 amide bonds. The van der Waals surface area contributed by atoms with Crippen LogP contribution < -0.4 is 0 Å². The van der Waals surface area contributed by atoms with Crippen LogP contribution in [0.25, 0.3) is 44.5 Å². The molecule has 7 rings (SSSR count). The monoisotopic (exact) mass is 574 g/mol. The lowest BCUT2D eigenvalue weighted by atomic mass is 9.79. The summed E-state index contributed by atoms with van der Waals surface area (Å²) in [6, 6.07) is 33.6. The van der Waals surface area contributed by atoms with Crippen LogP contribution in [0.1, 0.15) is 99.9 Å². The van der Waals surface area contributed by atoms with Crippen molar-refractivity contribution in [2.24, 2.45) is 0 Å². The molecule has 0 nitrogen and oxygen atoms in total. The number of hydrogen-bond donors (Lipinski definition) is 0. The van der Waals surface area contributed by atoms with Crippen LogP contribution in [0.15, 0.2) is 84.9 Å². The highest BCUT2D eigenvalue weighted by Gasteiger charge is 2.40. The van der Waals surface area contributed by atoms with Crippen LogP contribution in [-0.2, 0) is 36.5 Å². The van der Waals surface area contributed by atoms with Crippen molar-refractivity contribution in [1.82, 2.24) is 0 Å². The Morgan fingerprint density at radius 2 is 0.727 bits per heavy atom. The number of hydrogen-bond acceptors (Lipinski definition) is 0. The first-order valence-electron chi connectivity index (χ1n) is 16.9. The molecule has 2 aliphatic carbocycles. The summed E-state index contributed by atoms with van der Waals surface area (Å²) in [5.74, 6) is 0. The summed E-state index contributed by atoms with van der Waals surface area (Å²) in [6.07, 6.45) is 4.17. The molecule has 0 radical (unpaired) electrons. The van der Waals surface area contributed by atoms with Crippen molar-refractivity contribution >= 4 is 0 Å². The summed E-state index contributed by atoms with van der Waals surface area (Å²) in [5.41, 5.74) is 22.6. The molecule has 0 saturated heterocycles. The molecule has 0 saturated carbocycles. The van der Waals surface area contributed by atoms with Crippen molar-refractivity contribution in [3.63, 3.8) is 0 Å². The van der Waals surface area contributed by atoms with Crippen LogP contribution in [0.5, 0.6) is 0 Å². The highest BCUT2D eigenvalue weighted by Crippen LogP contribution is 2.56. The van der Waals surface area contributed by atoms with E-state index >= 15 is 0 Å². The summed E-state index contributed by atoms with van der Waals surface area (Å²) in [4.78, 5) is 0. The first kappa shape index (κ1) is 28.8. The van der Waals surface area contributed by atoms with E-state index in [0.717, 1.165) is 25.7 Å². The maximum atomic E-state index is 2.49. The van der Waals surface area contributed by atoms with E-state index in [2.05, 4.69) is 140 Å². The topological polar surface area (TPSA) is 0 Å². The van der Waals surface area contributed by atoms with Gasteiger partial charge in [-0.1, -0.05) is 140 Å². The smallest absolute Gasteiger partial charge is 0.0159 e. The van der Waals surface area contributed by atoms with Crippen molar-refractivity contribution in [2.75, 3.05) is 0 Å². The second-order valence-corrected chi connectivity index (χ2v) is 14.1. The highest BCUT2D eigenvalue weighted by molar-refractivity contribution is 6.01. The molecule has 0 spiro atoms. The average molecular weight is 575 g/mol. The molecule has 222 valence electrons. The van der Waals surface area contributed by atoms with Gasteiger partial charge in [-0.3, -0.25) is 0 Å². The Morgan fingerprint density at radius 3 is 1.09 bits per heavy atom. The lowest BCUT2D eigenvalue weighted by molar-refractivity contribution is 0.658. The second-order valence-electron chi connectivity index (χ2n) is 14.1. The van der Waals surface area contributed by atoms with E-state index in [0.29, 0.717) is 0 Å². The molecule has 0 atom stereocenters. The fourth-order valence-electron chi connectivity index (χ4n) is 8.14. The number of rotatable bonds is 6. The highest BCUT2D eigenvalue weighted by atomic mass is 14.4. The van der Waals surface area contributed by atoms with Crippen molar-refractivity contribution in [3.8, 4) is 44.5 Å². The Kier molecular flexibility index (Phi) is 6.78. The molecule has 5 aromatic rings. The average Bonchev–Trinajstić information content (AvgIpc) is 3.42. The van der Waals surface area contributed by atoms with Crippen molar-refractivity contribution in [1.29, 1.82) is 0 Å². The van der Waals surface area contributed by atoms with Crippen molar-refractivity contribution in [3.05, 3.63) is 129 Å². The zero-order valence-electron chi connectivity index (χ0n) is 27.9. The van der Waals surface area contributed by atoms with Gasteiger partial charge < -0.3 is 0 Å². The summed E-state index contributed by atoms with van der Waals surface area (Å²) in [6.45, 7) is 18.8. The van der Waals surface area contributed by atoms with Gasteiger partial charge in [0.1, 0.15) is 0 Å². The number of benzene rings is 5. The number of aryl methyl sites for hydroxylation is 4. The minimum atomic E-state index is -0.0337. The summed E-state index contributed by atoms with van der Waals surface area (Å²) >= 11 is 0. The second kappa shape index (κ2) is 10.3. The SMILES string of the molecule is CCc1ccc2c(c1)C(C)(C)c1cc(CC)cc(-c3ccccc3-c3cc(CC)cc4c3-c3ccc(CC)cc3C4(C)C)c1-2. The van der Waals surface area contributed by atoms with Gasteiger partial charge >= 0.3 is 0 Å². The van der Waals surface area contributed by atoms with E-state index in [1.54, 1.807) is 0 Å². The molecule has 0 unspecified atom stereocenters. The summed E-state index contributed by atoms with van der Waals surface area (Å²) in [7, 11) is 0. The third-order valence-electron chi connectivity index (χ3n) is 10.9. The van der Waals surface area contributed by atoms with Gasteiger partial charge in [-0.2, -0.15) is 0 Å². The molecule has 0 bridgehead atoms. The van der Waals surface area contributed by atoms with Crippen LogP contribution in [-0.4, -0.2) is 0 Å². The Labute approximate surface area is 265 Å². The van der Waals surface area contributed by atoms with Crippen molar-refractivity contribution in [2.45, 2.75) is 91.9 Å². The van der Waals surface area contributed by atoms with Gasteiger partial charge in [0.25, 0.3) is 0 Å². The van der Waals surface area contributed by atoms with Gasteiger partial charge in [0.15, 0.2) is 0 Å². The molecule has 0 aromatic heterocycles. The normalized spacial score (nSPS) is 15.1. The molecule has 0 N–H and O–H groups in total. The predicted octanol–water partition coefficient (Wildman–Crippen LogP) is 11.9. The molecule has 0 fully saturated rings. The van der Waals surface area contributed by atoms with E-state index < -0.39 is 0 Å². The zero-order valence-corrected chi connectivity index (χ0v) is 27.9. The maximum absolute atomic E-state index is 2.49.